The first-order valence-electron chi connectivity index (χ1n) is 6.56. The largest absolute Gasteiger partial charge is 0.374 e. The summed E-state index contributed by atoms with van der Waals surface area (Å²) in [7, 11) is -3.22. The van der Waals surface area contributed by atoms with Crippen LogP contribution in [-0.4, -0.2) is 62.2 Å². The summed E-state index contributed by atoms with van der Waals surface area (Å²) in [5.41, 5.74) is 0.706. The highest BCUT2D eigenvalue weighted by atomic mass is 32.2. The first-order chi connectivity index (χ1) is 9.77. The van der Waals surface area contributed by atoms with Gasteiger partial charge in [-0.1, -0.05) is 0 Å². The average molecular weight is 333 g/mol. The Labute approximate surface area is 128 Å². The maximum atomic E-state index is 12.1. The van der Waals surface area contributed by atoms with Crippen LogP contribution >= 0.6 is 11.3 Å². The van der Waals surface area contributed by atoms with E-state index < -0.39 is 10.0 Å². The van der Waals surface area contributed by atoms with Crippen LogP contribution in [0.1, 0.15) is 20.4 Å². The van der Waals surface area contributed by atoms with Crippen LogP contribution in [-0.2, 0) is 14.8 Å². The number of nitrogens with one attached hydrogen (secondary N) is 1. The molecule has 1 N–H and O–H groups in total. The number of sulfonamides is 1. The van der Waals surface area contributed by atoms with E-state index in [-0.39, 0.29) is 25.1 Å². The SMILES string of the molecule is Cc1nc(C)c(C(=O)NC[C@H]2CN(S(C)(=O)=O)CCO2)s1. The highest BCUT2D eigenvalue weighted by molar-refractivity contribution is 7.88. The zero-order valence-corrected chi connectivity index (χ0v) is 13.9. The van der Waals surface area contributed by atoms with Gasteiger partial charge in [-0.05, 0) is 13.8 Å². The molecule has 1 fully saturated rings. The lowest BCUT2D eigenvalue weighted by atomic mass is 10.3. The van der Waals surface area contributed by atoms with Gasteiger partial charge in [0.1, 0.15) is 4.88 Å². The summed E-state index contributed by atoms with van der Waals surface area (Å²) >= 11 is 1.34. The van der Waals surface area contributed by atoms with Gasteiger partial charge in [-0.15, -0.1) is 11.3 Å². The molecule has 1 saturated heterocycles. The number of thiazole rings is 1. The number of carbonyl (C=O) groups excluding carboxylic acids is 1. The van der Waals surface area contributed by atoms with Gasteiger partial charge in [-0.3, -0.25) is 4.79 Å². The Morgan fingerprint density at radius 2 is 2.24 bits per heavy atom. The van der Waals surface area contributed by atoms with Crippen LogP contribution in [0, 0.1) is 13.8 Å². The summed E-state index contributed by atoms with van der Waals surface area (Å²) in [5.74, 6) is -0.196. The maximum Gasteiger partial charge on any atom is 0.263 e. The number of hydrogen-bond acceptors (Lipinski definition) is 6. The molecular formula is C12H19N3O4S2. The van der Waals surface area contributed by atoms with Crippen LogP contribution in [0.5, 0.6) is 0 Å². The lowest BCUT2D eigenvalue weighted by Gasteiger charge is -2.31. The molecule has 1 aromatic rings. The van der Waals surface area contributed by atoms with Gasteiger partial charge >= 0.3 is 0 Å². The van der Waals surface area contributed by atoms with E-state index in [0.29, 0.717) is 23.7 Å². The quantitative estimate of drug-likeness (QED) is 0.847. The fourth-order valence-electron chi connectivity index (χ4n) is 2.15. The maximum absolute atomic E-state index is 12.1. The highest BCUT2D eigenvalue weighted by Crippen LogP contribution is 2.17. The van der Waals surface area contributed by atoms with E-state index >= 15 is 0 Å². The van der Waals surface area contributed by atoms with Crippen molar-refractivity contribution >= 4 is 27.3 Å². The van der Waals surface area contributed by atoms with Gasteiger partial charge in [0.25, 0.3) is 5.91 Å². The Hall–Kier alpha value is -1.03. The predicted molar refractivity (Wildman–Crippen MR) is 80.1 cm³/mol. The van der Waals surface area contributed by atoms with Crippen molar-refractivity contribution < 1.29 is 17.9 Å². The van der Waals surface area contributed by atoms with Gasteiger partial charge < -0.3 is 10.1 Å². The molecule has 1 aromatic heterocycles. The molecule has 1 aliphatic rings. The number of nitrogens with zero attached hydrogens (tertiary/aromatic N) is 2. The number of amides is 1. The molecule has 0 bridgehead atoms. The lowest BCUT2D eigenvalue weighted by molar-refractivity contribution is 0.000455. The molecule has 7 nitrogen and oxygen atoms in total. The van der Waals surface area contributed by atoms with E-state index in [1.807, 2.05) is 6.92 Å². The molecule has 9 heteroatoms. The van der Waals surface area contributed by atoms with Crippen LogP contribution in [0.15, 0.2) is 0 Å². The van der Waals surface area contributed by atoms with E-state index in [4.69, 9.17) is 4.74 Å². The summed E-state index contributed by atoms with van der Waals surface area (Å²) < 4.78 is 29.9. The van der Waals surface area contributed by atoms with Crippen molar-refractivity contribution in [2.75, 3.05) is 32.5 Å². The third-order valence-corrected chi connectivity index (χ3v) is 5.51. The van der Waals surface area contributed by atoms with Crippen molar-refractivity contribution in [1.29, 1.82) is 0 Å². The zero-order chi connectivity index (χ0) is 15.6. The molecule has 21 heavy (non-hydrogen) atoms. The second-order valence-corrected chi connectivity index (χ2v) is 8.16. The fourth-order valence-corrected chi connectivity index (χ4v) is 3.83. The standard InChI is InChI=1S/C12H19N3O4S2/c1-8-11(20-9(2)14-8)12(16)13-6-10-7-15(4-5-19-10)21(3,17)18/h10H,4-7H2,1-3H3,(H,13,16)/t10-/m0/s1. The molecule has 0 radical (unpaired) electrons. The smallest absolute Gasteiger partial charge is 0.263 e. The summed E-state index contributed by atoms with van der Waals surface area (Å²) in [6.45, 7) is 4.88. The van der Waals surface area contributed by atoms with E-state index in [1.165, 1.54) is 21.9 Å². The number of aryl methyl sites for hydroxylation is 2. The Morgan fingerprint density at radius 3 is 2.81 bits per heavy atom. The second kappa shape index (κ2) is 6.39. The Morgan fingerprint density at radius 1 is 1.52 bits per heavy atom. The van der Waals surface area contributed by atoms with E-state index in [0.717, 1.165) is 5.01 Å². The fraction of sp³-hybridized carbons (Fsp3) is 0.667. The Kier molecular flexibility index (Phi) is 4.97. The topological polar surface area (TPSA) is 88.6 Å². The molecule has 0 unspecified atom stereocenters. The molecule has 2 heterocycles. The summed E-state index contributed by atoms with van der Waals surface area (Å²) in [4.78, 5) is 16.9. The molecule has 118 valence electrons. The number of aromatic nitrogens is 1. The van der Waals surface area contributed by atoms with Crippen molar-refractivity contribution in [3.63, 3.8) is 0 Å². The second-order valence-electron chi connectivity index (χ2n) is 4.97. The summed E-state index contributed by atoms with van der Waals surface area (Å²) in [5, 5.41) is 3.62. The van der Waals surface area contributed by atoms with Crippen molar-refractivity contribution in [1.82, 2.24) is 14.6 Å². The minimum atomic E-state index is -3.22. The minimum absolute atomic E-state index is 0.196. The number of hydrogen-bond donors (Lipinski definition) is 1. The van der Waals surface area contributed by atoms with Crippen molar-refractivity contribution in [2.24, 2.45) is 0 Å². The van der Waals surface area contributed by atoms with Gasteiger partial charge in [-0.25, -0.2) is 13.4 Å². The summed E-state index contributed by atoms with van der Waals surface area (Å²) in [6, 6.07) is 0. The first kappa shape index (κ1) is 16.3. The molecular weight excluding hydrogens is 314 g/mol. The van der Waals surface area contributed by atoms with Gasteiger partial charge in [0, 0.05) is 19.6 Å². The van der Waals surface area contributed by atoms with Crippen molar-refractivity contribution in [3.05, 3.63) is 15.6 Å². The number of morpholine rings is 1. The monoisotopic (exact) mass is 333 g/mol. The normalized spacial score (nSPS) is 20.4. The number of carbonyl (C=O) groups is 1. The summed E-state index contributed by atoms with van der Waals surface area (Å²) in [6.07, 6.45) is 0.851. The molecule has 2 rings (SSSR count). The molecule has 1 amide bonds. The van der Waals surface area contributed by atoms with Crippen LogP contribution in [0.2, 0.25) is 0 Å². The van der Waals surface area contributed by atoms with Crippen LogP contribution in [0.25, 0.3) is 0 Å². The van der Waals surface area contributed by atoms with E-state index in [9.17, 15) is 13.2 Å². The molecule has 1 atom stereocenters. The molecule has 1 aliphatic heterocycles. The van der Waals surface area contributed by atoms with Crippen LogP contribution in [0.3, 0.4) is 0 Å². The van der Waals surface area contributed by atoms with Gasteiger partial charge in [-0.2, -0.15) is 4.31 Å². The third kappa shape index (κ3) is 4.22. The lowest BCUT2D eigenvalue weighted by Crippen LogP contribution is -2.49. The predicted octanol–water partition coefficient (Wildman–Crippen LogP) is 0.150. The van der Waals surface area contributed by atoms with E-state index in [2.05, 4.69) is 10.3 Å². The Bertz CT molecular complexity index is 626. The number of rotatable bonds is 4. The van der Waals surface area contributed by atoms with Gasteiger partial charge in [0.15, 0.2) is 0 Å². The molecule has 0 saturated carbocycles. The van der Waals surface area contributed by atoms with Gasteiger partial charge in [0.2, 0.25) is 10.0 Å². The van der Waals surface area contributed by atoms with Crippen LogP contribution < -0.4 is 5.32 Å². The minimum Gasteiger partial charge on any atom is -0.374 e. The molecule has 0 aromatic carbocycles. The average Bonchev–Trinajstić information content (AvgIpc) is 2.74. The van der Waals surface area contributed by atoms with E-state index in [1.54, 1.807) is 6.92 Å². The van der Waals surface area contributed by atoms with Crippen LogP contribution in [0.4, 0.5) is 0 Å². The number of ether oxygens (including phenoxy) is 1. The zero-order valence-electron chi connectivity index (χ0n) is 12.2. The third-order valence-electron chi connectivity index (χ3n) is 3.17. The van der Waals surface area contributed by atoms with Crippen molar-refractivity contribution in [2.45, 2.75) is 20.0 Å². The molecule has 0 spiro atoms. The van der Waals surface area contributed by atoms with Crippen molar-refractivity contribution in [3.8, 4) is 0 Å². The first-order valence-corrected chi connectivity index (χ1v) is 9.23. The highest BCUT2D eigenvalue weighted by Gasteiger charge is 2.27. The Balaban J connectivity index is 1.91. The van der Waals surface area contributed by atoms with Gasteiger partial charge in [0.05, 0.1) is 29.7 Å². The molecule has 0 aliphatic carbocycles.